The second kappa shape index (κ2) is 10.4. The summed E-state index contributed by atoms with van der Waals surface area (Å²) < 4.78 is 48.8. The van der Waals surface area contributed by atoms with Crippen LogP contribution in [-0.2, 0) is 16.7 Å². The fraction of sp³-hybridized carbons (Fsp3) is 0.219. The third-order valence-corrected chi connectivity index (χ3v) is 8.12. The van der Waals surface area contributed by atoms with E-state index in [9.17, 15) is 13.0 Å². The van der Waals surface area contributed by atoms with Gasteiger partial charge in [0.1, 0.15) is 6.54 Å². The van der Waals surface area contributed by atoms with Crippen molar-refractivity contribution in [3.8, 4) is 5.75 Å². The van der Waals surface area contributed by atoms with Crippen LogP contribution in [0.5, 0.6) is 5.75 Å². The molecule has 0 spiro atoms. The summed E-state index contributed by atoms with van der Waals surface area (Å²) in [6, 6.07) is 24.4. The van der Waals surface area contributed by atoms with Crippen LogP contribution in [0.25, 0.3) is 38.7 Å². The Bertz CT molecular complexity index is 1920. The van der Waals surface area contributed by atoms with Crippen LogP contribution in [0.1, 0.15) is 32.6 Å². The van der Waals surface area contributed by atoms with Crippen molar-refractivity contribution in [2.24, 2.45) is 0 Å². The Hall–Kier alpha value is -4.14. The molecular weight excluding hydrogens is 524 g/mol. The van der Waals surface area contributed by atoms with E-state index in [4.69, 9.17) is 9.15 Å². The maximum atomic E-state index is 11.3. The number of hydrogen-bond acceptors (Lipinski definition) is 6. The Labute approximate surface area is 233 Å². The molecule has 0 bridgehead atoms. The van der Waals surface area contributed by atoms with Crippen molar-refractivity contribution < 1.29 is 26.7 Å². The number of anilines is 1. The van der Waals surface area contributed by atoms with Gasteiger partial charge < -0.3 is 18.6 Å². The molecule has 0 amide bonds. The number of nitrogens with zero attached hydrogens (tertiary/aromatic N) is 2. The number of rotatable bonds is 8. The number of aryl methyl sites for hydroxylation is 1. The third kappa shape index (κ3) is 4.96. The largest absolute Gasteiger partial charge is 0.748 e. The summed E-state index contributed by atoms with van der Waals surface area (Å²) >= 11 is 0. The molecule has 4 aromatic carbocycles. The molecule has 0 saturated heterocycles. The predicted octanol–water partition coefficient (Wildman–Crippen LogP) is 6.52. The van der Waals surface area contributed by atoms with Crippen molar-refractivity contribution in [3.05, 3.63) is 96.2 Å². The van der Waals surface area contributed by atoms with Gasteiger partial charge in [0.25, 0.3) is 5.52 Å². The maximum absolute atomic E-state index is 11.3. The topological polar surface area (TPSA) is 86.7 Å². The van der Waals surface area contributed by atoms with Crippen molar-refractivity contribution in [1.82, 2.24) is 0 Å². The summed E-state index contributed by atoms with van der Waals surface area (Å²) in [6.45, 7) is 5.25. The Morgan fingerprint density at radius 1 is 0.975 bits per heavy atom. The Kier molecular flexibility index (Phi) is 6.82. The van der Waals surface area contributed by atoms with E-state index in [0.29, 0.717) is 18.2 Å². The van der Waals surface area contributed by atoms with E-state index in [2.05, 4.69) is 36.6 Å². The Balaban J connectivity index is 1.42. The van der Waals surface area contributed by atoms with E-state index in [1.807, 2.05) is 71.6 Å². The van der Waals surface area contributed by atoms with Crippen LogP contribution in [0.2, 0.25) is 0 Å². The van der Waals surface area contributed by atoms with Crippen LogP contribution in [-0.4, -0.2) is 25.3 Å². The van der Waals surface area contributed by atoms with Gasteiger partial charge in [0.2, 0.25) is 11.5 Å². The zero-order valence-corrected chi connectivity index (χ0v) is 23.3. The average molecular weight is 555 g/mol. The minimum Gasteiger partial charge on any atom is -0.748 e. The molecule has 1 aliphatic heterocycles. The molecule has 0 fully saturated rings. The van der Waals surface area contributed by atoms with Crippen molar-refractivity contribution in [3.63, 3.8) is 0 Å². The van der Waals surface area contributed by atoms with E-state index in [-0.39, 0.29) is 6.42 Å². The van der Waals surface area contributed by atoms with Crippen LogP contribution < -0.4 is 14.2 Å². The first kappa shape index (κ1) is 26.1. The second-order valence-electron chi connectivity index (χ2n) is 9.91. The lowest BCUT2D eigenvalue weighted by Crippen LogP contribution is -2.34. The van der Waals surface area contributed by atoms with Crippen molar-refractivity contribution >= 4 is 54.5 Å². The SMILES string of the molecule is CCC(/C=C1\Oc2cc3ccccc3cc2N1CCCS(=O)(=O)[O-])=C\c1oc2ccc3ccccc3c2[n+]1CC. The molecule has 0 saturated carbocycles. The van der Waals surface area contributed by atoms with Crippen molar-refractivity contribution in [1.29, 1.82) is 0 Å². The van der Waals surface area contributed by atoms with Crippen LogP contribution in [0, 0.1) is 0 Å². The predicted molar refractivity (Wildman–Crippen MR) is 157 cm³/mol. The van der Waals surface area contributed by atoms with E-state index in [1.54, 1.807) is 0 Å². The van der Waals surface area contributed by atoms with Gasteiger partial charge in [0.15, 0.2) is 5.75 Å². The van der Waals surface area contributed by atoms with Gasteiger partial charge >= 0.3 is 5.89 Å². The fourth-order valence-corrected chi connectivity index (χ4v) is 5.86. The van der Waals surface area contributed by atoms with Gasteiger partial charge in [-0.2, -0.15) is 4.57 Å². The highest BCUT2D eigenvalue weighted by atomic mass is 32.2. The molecule has 5 aromatic rings. The standard InChI is InChI=1S/C32H30N2O5S/c1-3-22(18-30-33(4-2)32-26-13-8-7-10-23(26)14-15-28(32)38-30)19-31-34(16-9-17-40(35,36)37)27-20-24-11-5-6-12-25(24)21-29(27)39-31/h5-8,10-15,18-21H,3-4,9,16-17H2,1-2H3. The quantitative estimate of drug-likeness (QED) is 0.160. The molecular formula is C32H30N2O5S. The summed E-state index contributed by atoms with van der Waals surface area (Å²) in [5, 5.41) is 4.40. The number of benzene rings is 4. The van der Waals surface area contributed by atoms with Crippen LogP contribution in [0.3, 0.4) is 0 Å². The normalized spacial score (nSPS) is 14.9. The zero-order chi connectivity index (χ0) is 27.9. The van der Waals surface area contributed by atoms with Crippen LogP contribution >= 0.6 is 0 Å². The van der Waals surface area contributed by atoms with Gasteiger partial charge in [-0.05, 0) is 65.8 Å². The van der Waals surface area contributed by atoms with E-state index in [1.165, 1.54) is 0 Å². The first-order chi connectivity index (χ1) is 19.3. The number of fused-ring (bicyclic) bond motifs is 5. The zero-order valence-electron chi connectivity index (χ0n) is 22.5. The molecule has 7 nitrogen and oxygen atoms in total. The summed E-state index contributed by atoms with van der Waals surface area (Å²) in [5.41, 5.74) is 3.72. The summed E-state index contributed by atoms with van der Waals surface area (Å²) in [6.07, 6.45) is 4.92. The number of oxazole rings is 1. The van der Waals surface area contributed by atoms with E-state index >= 15 is 0 Å². The van der Waals surface area contributed by atoms with Gasteiger partial charge in [0, 0.05) is 18.4 Å². The lowest BCUT2D eigenvalue weighted by atomic mass is 10.1. The molecule has 8 heteroatoms. The molecule has 204 valence electrons. The van der Waals surface area contributed by atoms with Crippen LogP contribution in [0.4, 0.5) is 5.69 Å². The Morgan fingerprint density at radius 3 is 2.42 bits per heavy atom. The number of ether oxygens (including phenoxy) is 1. The van der Waals surface area contributed by atoms with Crippen LogP contribution in [0.15, 0.2) is 94.7 Å². The summed E-state index contributed by atoms with van der Waals surface area (Å²) in [7, 11) is -4.31. The van der Waals surface area contributed by atoms with E-state index in [0.717, 1.165) is 62.8 Å². The molecule has 0 unspecified atom stereocenters. The van der Waals surface area contributed by atoms with E-state index < -0.39 is 15.9 Å². The smallest absolute Gasteiger partial charge is 0.374 e. The first-order valence-corrected chi connectivity index (χ1v) is 15.1. The lowest BCUT2D eigenvalue weighted by Gasteiger charge is -2.19. The van der Waals surface area contributed by atoms with Gasteiger partial charge in [0.05, 0.1) is 27.3 Å². The fourth-order valence-electron chi connectivity index (χ4n) is 5.38. The lowest BCUT2D eigenvalue weighted by molar-refractivity contribution is -0.673. The molecule has 0 aliphatic carbocycles. The first-order valence-electron chi connectivity index (χ1n) is 13.5. The second-order valence-corrected chi connectivity index (χ2v) is 11.4. The highest BCUT2D eigenvalue weighted by Gasteiger charge is 2.28. The number of aromatic nitrogens is 1. The number of hydrogen-bond donors (Lipinski definition) is 0. The molecule has 2 heterocycles. The molecule has 1 aliphatic rings. The third-order valence-electron chi connectivity index (χ3n) is 7.33. The average Bonchev–Trinajstić information content (AvgIpc) is 3.47. The summed E-state index contributed by atoms with van der Waals surface area (Å²) in [4.78, 5) is 1.95. The molecule has 0 N–H and O–H groups in total. The molecule has 6 rings (SSSR count). The van der Waals surface area contributed by atoms with Crippen molar-refractivity contribution in [2.45, 2.75) is 33.2 Å². The molecule has 1 aromatic heterocycles. The van der Waals surface area contributed by atoms with Gasteiger partial charge in [-0.3, -0.25) is 0 Å². The Morgan fingerprint density at radius 2 is 1.70 bits per heavy atom. The molecule has 0 radical (unpaired) electrons. The van der Waals surface area contributed by atoms with Gasteiger partial charge in [-0.15, -0.1) is 0 Å². The highest BCUT2D eigenvalue weighted by molar-refractivity contribution is 7.85. The maximum Gasteiger partial charge on any atom is 0.374 e. The molecule has 40 heavy (non-hydrogen) atoms. The summed E-state index contributed by atoms with van der Waals surface area (Å²) in [5.74, 6) is 1.60. The number of allylic oxidation sites excluding steroid dienone is 2. The highest BCUT2D eigenvalue weighted by Crippen LogP contribution is 2.42. The van der Waals surface area contributed by atoms with Gasteiger partial charge in [-0.25, -0.2) is 8.42 Å². The van der Waals surface area contributed by atoms with Crippen molar-refractivity contribution in [2.75, 3.05) is 17.2 Å². The minimum absolute atomic E-state index is 0.191. The van der Waals surface area contributed by atoms with Gasteiger partial charge in [-0.1, -0.05) is 55.5 Å². The molecule has 0 atom stereocenters. The monoisotopic (exact) mass is 554 g/mol. The minimum atomic E-state index is -4.31.